The maximum absolute atomic E-state index is 13.2. The van der Waals surface area contributed by atoms with Crippen LogP contribution in [0.5, 0.6) is 11.5 Å². The van der Waals surface area contributed by atoms with E-state index in [1.54, 1.807) is 25.2 Å². The molecule has 0 bridgehead atoms. The molecular formula is C18H23N3O4S. The number of hydrogen-bond acceptors (Lipinski definition) is 5. The Hall–Kier alpha value is -2.32. The van der Waals surface area contributed by atoms with E-state index in [1.165, 1.54) is 0 Å². The van der Waals surface area contributed by atoms with Gasteiger partial charge in [-0.2, -0.15) is 0 Å². The molecule has 3 rings (SSSR count). The van der Waals surface area contributed by atoms with Crippen molar-refractivity contribution in [1.82, 2.24) is 15.5 Å². The van der Waals surface area contributed by atoms with Crippen molar-refractivity contribution in [2.24, 2.45) is 5.92 Å². The Bertz CT molecular complexity index is 718. The number of nitrogens with one attached hydrogen (secondary N) is 2. The molecule has 0 aliphatic carbocycles. The molecule has 0 spiro atoms. The van der Waals surface area contributed by atoms with Crippen LogP contribution in [0.25, 0.3) is 0 Å². The molecule has 2 aliphatic rings. The smallest absolute Gasteiger partial charge is 0.234 e. The zero-order valence-corrected chi connectivity index (χ0v) is 15.7. The molecule has 0 unspecified atom stereocenters. The summed E-state index contributed by atoms with van der Waals surface area (Å²) in [4.78, 5) is 15.0. The van der Waals surface area contributed by atoms with E-state index in [-0.39, 0.29) is 11.9 Å². The fraction of sp³-hybridized carbons (Fsp3) is 0.444. The van der Waals surface area contributed by atoms with Gasteiger partial charge in [0.1, 0.15) is 17.4 Å². The van der Waals surface area contributed by atoms with Crippen LogP contribution < -0.4 is 20.1 Å². The number of nitrogens with zero attached hydrogens (tertiary/aromatic N) is 1. The third-order valence-electron chi connectivity index (χ3n) is 4.63. The second-order valence-electron chi connectivity index (χ2n) is 6.12. The molecule has 2 N–H and O–H groups in total. The summed E-state index contributed by atoms with van der Waals surface area (Å²) in [5.74, 6) is 0.780. The van der Waals surface area contributed by atoms with E-state index < -0.39 is 5.92 Å². The van der Waals surface area contributed by atoms with Crippen molar-refractivity contribution in [1.29, 1.82) is 0 Å². The monoisotopic (exact) mass is 377 g/mol. The van der Waals surface area contributed by atoms with E-state index in [0.29, 0.717) is 48.6 Å². The topological polar surface area (TPSA) is 72.1 Å². The van der Waals surface area contributed by atoms with Crippen molar-refractivity contribution < 1.29 is 19.0 Å². The Kier molecular flexibility index (Phi) is 5.63. The summed E-state index contributed by atoms with van der Waals surface area (Å²) < 4.78 is 16.1. The van der Waals surface area contributed by atoms with Crippen molar-refractivity contribution in [2.75, 3.05) is 40.5 Å². The minimum Gasteiger partial charge on any atom is -0.497 e. The lowest BCUT2D eigenvalue weighted by molar-refractivity contribution is -0.139. The molecule has 0 aromatic heterocycles. The van der Waals surface area contributed by atoms with Crippen LogP contribution in [0.1, 0.15) is 11.6 Å². The molecule has 1 aromatic carbocycles. The largest absolute Gasteiger partial charge is 0.497 e. The van der Waals surface area contributed by atoms with Gasteiger partial charge in [-0.15, -0.1) is 0 Å². The normalized spacial score (nSPS) is 23.1. The van der Waals surface area contributed by atoms with Crippen LogP contribution in [0.4, 0.5) is 0 Å². The average molecular weight is 377 g/mol. The first-order valence-corrected chi connectivity index (χ1v) is 8.80. The SMILES string of the molecule is C=C1NC(=S)N[C@H](c2ccc(OC)cc2OC)[C@H]1C(=O)N1CCOCC1. The number of amides is 1. The number of methoxy groups -OCH3 is 2. The molecule has 26 heavy (non-hydrogen) atoms. The van der Waals surface area contributed by atoms with Crippen LogP contribution in [0, 0.1) is 5.92 Å². The Morgan fingerprint density at radius 2 is 2.04 bits per heavy atom. The summed E-state index contributed by atoms with van der Waals surface area (Å²) in [7, 11) is 3.18. The first-order valence-electron chi connectivity index (χ1n) is 8.40. The number of hydrogen-bond donors (Lipinski definition) is 2. The van der Waals surface area contributed by atoms with Crippen LogP contribution in [0.3, 0.4) is 0 Å². The van der Waals surface area contributed by atoms with Crippen LogP contribution in [0.2, 0.25) is 0 Å². The standard InChI is InChI=1S/C18H23N3O4S/c1-11-15(17(22)21-6-8-25-9-7-21)16(20-18(26)19-11)13-5-4-12(23-2)10-14(13)24-3/h4-5,10,15-16H,1,6-9H2,2-3H3,(H2,19,20,26)/t15-,16+/m0/s1. The minimum absolute atomic E-state index is 0.0105. The van der Waals surface area contributed by atoms with Gasteiger partial charge in [-0.1, -0.05) is 6.58 Å². The minimum atomic E-state index is -0.512. The molecule has 0 radical (unpaired) electrons. The van der Waals surface area contributed by atoms with Gasteiger partial charge in [0.15, 0.2) is 5.11 Å². The van der Waals surface area contributed by atoms with Crippen molar-refractivity contribution in [2.45, 2.75) is 6.04 Å². The molecule has 0 saturated carbocycles. The summed E-state index contributed by atoms with van der Waals surface area (Å²) in [6.45, 7) is 6.27. The van der Waals surface area contributed by atoms with Gasteiger partial charge in [0.25, 0.3) is 0 Å². The van der Waals surface area contributed by atoms with Gasteiger partial charge in [-0.3, -0.25) is 4.79 Å². The van der Waals surface area contributed by atoms with E-state index in [1.807, 2.05) is 12.1 Å². The Balaban J connectivity index is 1.97. The zero-order valence-electron chi connectivity index (χ0n) is 14.9. The lowest BCUT2D eigenvalue weighted by Crippen LogP contribution is -2.55. The summed E-state index contributed by atoms with van der Waals surface area (Å²) >= 11 is 5.29. The third kappa shape index (κ3) is 3.61. The fourth-order valence-electron chi connectivity index (χ4n) is 3.29. The molecule has 7 nitrogen and oxygen atoms in total. The first kappa shape index (κ1) is 18.5. The predicted molar refractivity (Wildman–Crippen MR) is 101 cm³/mol. The zero-order chi connectivity index (χ0) is 18.7. The quantitative estimate of drug-likeness (QED) is 0.764. The van der Waals surface area contributed by atoms with E-state index in [0.717, 1.165) is 5.56 Å². The first-order chi connectivity index (χ1) is 12.5. The molecule has 2 aliphatic heterocycles. The van der Waals surface area contributed by atoms with Crippen molar-refractivity contribution in [3.05, 3.63) is 36.0 Å². The van der Waals surface area contributed by atoms with Gasteiger partial charge in [0, 0.05) is 30.4 Å². The van der Waals surface area contributed by atoms with E-state index in [9.17, 15) is 4.79 Å². The molecule has 1 aromatic rings. The fourth-order valence-corrected chi connectivity index (χ4v) is 3.55. The van der Waals surface area contributed by atoms with Crippen LogP contribution in [-0.4, -0.2) is 56.4 Å². The Labute approximate surface area is 158 Å². The highest BCUT2D eigenvalue weighted by atomic mass is 32.1. The highest BCUT2D eigenvalue weighted by Gasteiger charge is 2.40. The van der Waals surface area contributed by atoms with Gasteiger partial charge in [0.2, 0.25) is 5.91 Å². The molecule has 2 saturated heterocycles. The van der Waals surface area contributed by atoms with Crippen molar-refractivity contribution >= 4 is 23.2 Å². The summed E-state index contributed by atoms with van der Waals surface area (Å²) in [5, 5.41) is 6.63. The van der Waals surface area contributed by atoms with Crippen molar-refractivity contribution in [3.63, 3.8) is 0 Å². The molecule has 2 atom stereocenters. The summed E-state index contributed by atoms with van der Waals surface area (Å²) in [5.41, 5.74) is 1.40. The number of benzene rings is 1. The van der Waals surface area contributed by atoms with E-state index in [4.69, 9.17) is 26.4 Å². The lowest BCUT2D eigenvalue weighted by atomic mass is 9.87. The number of rotatable bonds is 4. The highest BCUT2D eigenvalue weighted by Crippen LogP contribution is 2.37. The second-order valence-corrected chi connectivity index (χ2v) is 6.53. The molecule has 140 valence electrons. The predicted octanol–water partition coefficient (Wildman–Crippen LogP) is 1.21. The average Bonchev–Trinajstić information content (AvgIpc) is 2.67. The number of carbonyl (C=O) groups excluding carboxylic acids is 1. The number of thiocarbonyl (C=S) groups is 1. The van der Waals surface area contributed by atoms with Gasteiger partial charge < -0.3 is 29.7 Å². The maximum atomic E-state index is 13.2. The molecule has 2 heterocycles. The summed E-state index contributed by atoms with van der Waals surface area (Å²) in [6, 6.07) is 5.13. The molecule has 2 fully saturated rings. The number of carbonyl (C=O) groups is 1. The third-order valence-corrected chi connectivity index (χ3v) is 4.85. The van der Waals surface area contributed by atoms with Gasteiger partial charge >= 0.3 is 0 Å². The van der Waals surface area contributed by atoms with Gasteiger partial charge in [-0.25, -0.2) is 0 Å². The van der Waals surface area contributed by atoms with E-state index >= 15 is 0 Å². The maximum Gasteiger partial charge on any atom is 0.234 e. The Morgan fingerprint density at radius 3 is 2.69 bits per heavy atom. The van der Waals surface area contributed by atoms with E-state index in [2.05, 4.69) is 17.2 Å². The lowest BCUT2D eigenvalue weighted by Gasteiger charge is -2.39. The summed E-state index contributed by atoms with van der Waals surface area (Å²) in [6.07, 6.45) is 0. The van der Waals surface area contributed by atoms with Crippen LogP contribution in [-0.2, 0) is 9.53 Å². The Morgan fingerprint density at radius 1 is 1.31 bits per heavy atom. The molecule has 8 heteroatoms. The van der Waals surface area contributed by atoms with Gasteiger partial charge in [-0.05, 0) is 24.4 Å². The van der Waals surface area contributed by atoms with Gasteiger partial charge in [0.05, 0.1) is 33.5 Å². The molecular weight excluding hydrogens is 354 g/mol. The van der Waals surface area contributed by atoms with Crippen LogP contribution in [0.15, 0.2) is 30.5 Å². The number of ether oxygens (including phenoxy) is 3. The highest BCUT2D eigenvalue weighted by molar-refractivity contribution is 7.80. The van der Waals surface area contributed by atoms with Crippen molar-refractivity contribution in [3.8, 4) is 11.5 Å². The second kappa shape index (κ2) is 7.92. The molecule has 1 amide bonds. The van der Waals surface area contributed by atoms with Crippen LogP contribution >= 0.6 is 12.2 Å². The number of morpholine rings is 1.